The van der Waals surface area contributed by atoms with Gasteiger partial charge < -0.3 is 9.94 Å². The van der Waals surface area contributed by atoms with Crippen molar-refractivity contribution in [2.24, 2.45) is 7.05 Å². The largest absolute Gasteiger partial charge is 0.711 e. The van der Waals surface area contributed by atoms with E-state index < -0.39 is 5.97 Å². The summed E-state index contributed by atoms with van der Waals surface area (Å²) in [6.07, 6.45) is 3.15. The van der Waals surface area contributed by atoms with E-state index in [1.54, 1.807) is 30.9 Å². The third-order valence-corrected chi connectivity index (χ3v) is 3.05. The van der Waals surface area contributed by atoms with Crippen molar-refractivity contribution in [3.05, 3.63) is 46.4 Å². The summed E-state index contributed by atoms with van der Waals surface area (Å²) in [5.74, 6) is -0.172. The first-order valence-electron chi connectivity index (χ1n) is 6.27. The molecule has 2 aromatic rings. The van der Waals surface area contributed by atoms with Gasteiger partial charge in [0.1, 0.15) is 6.20 Å². The van der Waals surface area contributed by atoms with Gasteiger partial charge >= 0.3 is 11.8 Å². The van der Waals surface area contributed by atoms with Gasteiger partial charge in [-0.1, -0.05) is 4.98 Å². The second-order valence-electron chi connectivity index (χ2n) is 4.30. The Balaban J connectivity index is 2.40. The Morgan fingerprint density at radius 3 is 2.95 bits per heavy atom. The third-order valence-electron chi connectivity index (χ3n) is 3.05. The number of rotatable bonds is 4. The minimum absolute atomic E-state index is 0.234. The van der Waals surface area contributed by atoms with E-state index in [1.165, 1.54) is 6.20 Å². The van der Waals surface area contributed by atoms with Crippen molar-refractivity contribution < 1.29 is 14.3 Å². The van der Waals surface area contributed by atoms with Crippen LogP contribution in [0.5, 0.6) is 0 Å². The molecule has 0 saturated carbocycles. The smallest absolute Gasteiger partial charge is 0.359 e. The molecule has 0 spiro atoms. The zero-order valence-corrected chi connectivity index (χ0v) is 11.7. The average molecular weight is 276 g/mol. The first-order valence-corrected chi connectivity index (χ1v) is 6.27. The zero-order chi connectivity index (χ0) is 14.7. The first-order chi connectivity index (χ1) is 9.54. The molecule has 0 aromatic carbocycles. The van der Waals surface area contributed by atoms with Crippen molar-refractivity contribution in [1.29, 1.82) is 0 Å². The minimum atomic E-state index is -0.486. The van der Waals surface area contributed by atoms with Gasteiger partial charge in [-0.05, 0) is 13.8 Å². The fraction of sp³-hybridized carbons (Fsp3) is 0.385. The van der Waals surface area contributed by atoms with Crippen LogP contribution < -0.4 is 4.73 Å². The molecule has 0 saturated heterocycles. The number of nitrogens with zero attached hydrogens (tertiary/aromatic N) is 4. The Kier molecular flexibility index (Phi) is 3.97. The highest BCUT2D eigenvalue weighted by Gasteiger charge is 2.23. The Morgan fingerprint density at radius 2 is 2.30 bits per heavy atom. The number of ether oxygens (including phenoxy) is 1. The van der Waals surface area contributed by atoms with Crippen molar-refractivity contribution in [2.75, 3.05) is 6.61 Å². The lowest BCUT2D eigenvalue weighted by Crippen LogP contribution is -2.32. The third kappa shape index (κ3) is 2.61. The molecular weight excluding hydrogens is 260 g/mol. The molecule has 0 fully saturated rings. The lowest BCUT2D eigenvalue weighted by Gasteiger charge is -2.05. The zero-order valence-electron chi connectivity index (χ0n) is 11.7. The highest BCUT2D eigenvalue weighted by molar-refractivity contribution is 5.89. The maximum Gasteiger partial charge on any atom is 0.359 e. The van der Waals surface area contributed by atoms with Crippen LogP contribution in [0.4, 0.5) is 0 Å². The molecule has 0 aliphatic carbocycles. The van der Waals surface area contributed by atoms with E-state index in [0.29, 0.717) is 16.1 Å². The molecule has 0 unspecified atom stereocenters. The molecule has 7 nitrogen and oxygen atoms in total. The predicted octanol–water partition coefficient (Wildman–Crippen LogP) is 0.524. The molecule has 20 heavy (non-hydrogen) atoms. The lowest BCUT2D eigenvalue weighted by molar-refractivity contribution is -0.617. The van der Waals surface area contributed by atoms with Gasteiger partial charge in [0.05, 0.1) is 19.2 Å². The van der Waals surface area contributed by atoms with Crippen LogP contribution in [0.15, 0.2) is 18.5 Å². The van der Waals surface area contributed by atoms with Crippen LogP contribution in [0.3, 0.4) is 0 Å². The van der Waals surface area contributed by atoms with Crippen molar-refractivity contribution >= 4 is 5.97 Å². The van der Waals surface area contributed by atoms with Gasteiger partial charge in [0.25, 0.3) is 0 Å². The molecule has 0 radical (unpaired) electrons. The van der Waals surface area contributed by atoms with Crippen LogP contribution in [0.25, 0.3) is 0 Å². The number of hydrogen-bond donors (Lipinski definition) is 0. The fourth-order valence-corrected chi connectivity index (χ4v) is 1.90. The number of carbonyl (C=O) groups is 1. The Hall–Kier alpha value is -2.44. The van der Waals surface area contributed by atoms with Crippen LogP contribution >= 0.6 is 0 Å². The predicted molar refractivity (Wildman–Crippen MR) is 69.9 cm³/mol. The summed E-state index contributed by atoms with van der Waals surface area (Å²) >= 11 is 0. The summed E-state index contributed by atoms with van der Waals surface area (Å²) in [6.45, 7) is 3.85. The fourth-order valence-electron chi connectivity index (χ4n) is 1.90. The summed E-state index contributed by atoms with van der Waals surface area (Å²) in [5.41, 5.74) is 1.70. The lowest BCUT2D eigenvalue weighted by atomic mass is 10.1. The molecule has 0 aliphatic heterocycles. The van der Waals surface area contributed by atoms with Gasteiger partial charge in [-0.15, -0.1) is 0 Å². The molecule has 7 heteroatoms. The molecule has 2 heterocycles. The summed E-state index contributed by atoms with van der Waals surface area (Å²) in [5, 5.41) is 15.8. The van der Waals surface area contributed by atoms with E-state index in [9.17, 15) is 10.0 Å². The summed E-state index contributed by atoms with van der Waals surface area (Å²) < 4.78 is 7.26. The quantitative estimate of drug-likeness (QED) is 0.462. The van der Waals surface area contributed by atoms with E-state index in [0.717, 1.165) is 5.69 Å². The van der Waals surface area contributed by atoms with Gasteiger partial charge in [0.15, 0.2) is 5.69 Å². The monoisotopic (exact) mass is 276 g/mol. The molecule has 0 N–H and O–H groups in total. The van der Waals surface area contributed by atoms with E-state index in [4.69, 9.17) is 4.74 Å². The van der Waals surface area contributed by atoms with Crippen molar-refractivity contribution in [1.82, 2.24) is 14.8 Å². The van der Waals surface area contributed by atoms with Crippen LogP contribution in [0.2, 0.25) is 0 Å². The minimum Gasteiger partial charge on any atom is -0.711 e. The normalized spacial score (nSPS) is 10.6. The number of carbonyl (C=O) groups excluding carboxylic acids is 1. The van der Waals surface area contributed by atoms with Crippen LogP contribution in [-0.2, 0) is 18.2 Å². The number of aromatic nitrogens is 4. The summed E-state index contributed by atoms with van der Waals surface area (Å²) in [4.78, 5) is 15.9. The molecule has 106 valence electrons. The first kappa shape index (κ1) is 14.0. The topological polar surface area (TPSA) is 84.0 Å². The summed E-state index contributed by atoms with van der Waals surface area (Å²) in [7, 11) is 1.74. The number of esters is 1. The van der Waals surface area contributed by atoms with Gasteiger partial charge in [0.2, 0.25) is 0 Å². The Labute approximate surface area is 116 Å². The average Bonchev–Trinajstić information content (AvgIpc) is 2.70. The molecule has 2 rings (SSSR count). The van der Waals surface area contributed by atoms with Gasteiger partial charge in [0, 0.05) is 24.4 Å². The SMILES string of the molecule is CCOC(=O)c1nn(C)c(C)c1Cc1nccc[n+]1[O-]. The second-order valence-corrected chi connectivity index (χ2v) is 4.30. The molecule has 0 aliphatic rings. The highest BCUT2D eigenvalue weighted by Crippen LogP contribution is 2.16. The van der Waals surface area contributed by atoms with Crippen LogP contribution in [0, 0.1) is 12.1 Å². The molecule has 2 aromatic heterocycles. The van der Waals surface area contributed by atoms with E-state index >= 15 is 0 Å². The maximum atomic E-state index is 11.9. The number of hydrogen-bond acceptors (Lipinski definition) is 5. The highest BCUT2D eigenvalue weighted by atomic mass is 16.5. The Morgan fingerprint density at radius 1 is 1.55 bits per heavy atom. The molecular formula is C13H16N4O3. The second kappa shape index (κ2) is 5.68. The molecule has 0 atom stereocenters. The van der Waals surface area contributed by atoms with E-state index in [1.807, 2.05) is 6.92 Å². The van der Waals surface area contributed by atoms with E-state index in [-0.39, 0.29) is 18.7 Å². The van der Waals surface area contributed by atoms with E-state index in [2.05, 4.69) is 10.1 Å². The molecule has 0 amide bonds. The standard InChI is InChI=1S/C13H16N4O3/c1-4-20-13(18)12-10(9(2)16(3)15-12)8-11-14-6-5-7-17(11)19/h5-7H,4,8H2,1-3H3. The number of aryl methyl sites for hydroxylation is 1. The Bertz CT molecular complexity index is 637. The van der Waals surface area contributed by atoms with Gasteiger partial charge in [-0.25, -0.2) is 9.52 Å². The van der Waals surface area contributed by atoms with Crippen LogP contribution in [-0.4, -0.2) is 27.3 Å². The van der Waals surface area contributed by atoms with Crippen molar-refractivity contribution in [3.8, 4) is 0 Å². The molecule has 0 bridgehead atoms. The van der Waals surface area contributed by atoms with Crippen molar-refractivity contribution in [3.63, 3.8) is 0 Å². The maximum absolute atomic E-state index is 11.9. The van der Waals surface area contributed by atoms with Gasteiger partial charge in [-0.2, -0.15) is 5.10 Å². The van der Waals surface area contributed by atoms with Crippen molar-refractivity contribution in [2.45, 2.75) is 20.3 Å². The van der Waals surface area contributed by atoms with Gasteiger partial charge in [-0.3, -0.25) is 4.68 Å². The van der Waals surface area contributed by atoms with Crippen LogP contribution in [0.1, 0.15) is 34.5 Å². The summed E-state index contributed by atoms with van der Waals surface area (Å²) in [6, 6.07) is 1.55.